The maximum atomic E-state index is 6.10. The Bertz CT molecular complexity index is 483. The molecule has 3 unspecified atom stereocenters. The molecule has 2 aliphatic rings. The van der Waals surface area contributed by atoms with Crippen molar-refractivity contribution in [2.24, 2.45) is 5.73 Å². The first-order valence-electron chi connectivity index (χ1n) is 7.23. The molecule has 1 aliphatic heterocycles. The number of ether oxygens (including phenoxy) is 1. The average molecular weight is 404 g/mol. The highest BCUT2D eigenvalue weighted by molar-refractivity contribution is 9.13. The van der Waals surface area contributed by atoms with E-state index in [4.69, 9.17) is 10.5 Å². The summed E-state index contributed by atoms with van der Waals surface area (Å²) in [7, 11) is 0. The van der Waals surface area contributed by atoms with Crippen LogP contribution in [0.3, 0.4) is 0 Å². The predicted molar refractivity (Wildman–Crippen MR) is 87.7 cm³/mol. The molecule has 20 heavy (non-hydrogen) atoms. The summed E-state index contributed by atoms with van der Waals surface area (Å²) >= 11 is 7.12. The van der Waals surface area contributed by atoms with Gasteiger partial charge >= 0.3 is 0 Å². The molecule has 0 radical (unpaired) electrons. The van der Waals surface area contributed by atoms with E-state index in [9.17, 15) is 0 Å². The SMILES string of the molecule is NCC(c1ccc(Br)c(Br)c1)N1CCOC2CCCC21. The van der Waals surface area contributed by atoms with Crippen LogP contribution in [0.15, 0.2) is 27.1 Å². The molecule has 0 bridgehead atoms. The maximum absolute atomic E-state index is 6.10. The summed E-state index contributed by atoms with van der Waals surface area (Å²) in [5.74, 6) is 0. The minimum atomic E-state index is 0.286. The molecule has 0 aromatic heterocycles. The van der Waals surface area contributed by atoms with E-state index in [2.05, 4.69) is 55.0 Å². The van der Waals surface area contributed by atoms with Crippen LogP contribution in [0.2, 0.25) is 0 Å². The molecule has 3 rings (SSSR count). The molecule has 0 spiro atoms. The number of rotatable bonds is 3. The van der Waals surface area contributed by atoms with E-state index in [0.29, 0.717) is 18.7 Å². The van der Waals surface area contributed by atoms with Crippen molar-refractivity contribution in [1.82, 2.24) is 4.90 Å². The summed E-state index contributed by atoms with van der Waals surface area (Å²) in [6, 6.07) is 7.27. The smallest absolute Gasteiger partial charge is 0.0731 e. The van der Waals surface area contributed by atoms with Gasteiger partial charge in [0.25, 0.3) is 0 Å². The van der Waals surface area contributed by atoms with E-state index in [-0.39, 0.29) is 6.04 Å². The van der Waals surface area contributed by atoms with Gasteiger partial charge in [0, 0.05) is 34.1 Å². The number of fused-ring (bicyclic) bond motifs is 1. The average Bonchev–Trinajstić information content (AvgIpc) is 2.93. The minimum Gasteiger partial charge on any atom is -0.375 e. The Hall–Kier alpha value is 0.0600. The number of hydrogen-bond acceptors (Lipinski definition) is 3. The largest absolute Gasteiger partial charge is 0.375 e. The highest BCUT2D eigenvalue weighted by Gasteiger charge is 2.39. The fourth-order valence-electron chi connectivity index (χ4n) is 3.53. The van der Waals surface area contributed by atoms with Crippen molar-refractivity contribution in [2.75, 3.05) is 19.7 Å². The first kappa shape index (κ1) is 15.0. The molecular formula is C15H20Br2N2O. The fourth-order valence-corrected chi connectivity index (χ4v) is 4.17. The lowest BCUT2D eigenvalue weighted by Crippen LogP contribution is -2.51. The fraction of sp³-hybridized carbons (Fsp3) is 0.600. The third kappa shape index (κ3) is 2.83. The van der Waals surface area contributed by atoms with Gasteiger partial charge in [-0.25, -0.2) is 0 Å². The Balaban J connectivity index is 1.86. The Morgan fingerprint density at radius 3 is 2.90 bits per heavy atom. The third-order valence-electron chi connectivity index (χ3n) is 4.48. The molecule has 1 aliphatic carbocycles. The van der Waals surface area contributed by atoms with Crippen molar-refractivity contribution in [1.29, 1.82) is 0 Å². The first-order valence-corrected chi connectivity index (χ1v) is 8.81. The van der Waals surface area contributed by atoms with Gasteiger partial charge in [-0.3, -0.25) is 4.90 Å². The van der Waals surface area contributed by atoms with E-state index >= 15 is 0 Å². The number of hydrogen-bond donors (Lipinski definition) is 1. The number of nitrogens with two attached hydrogens (primary N) is 1. The highest BCUT2D eigenvalue weighted by Crippen LogP contribution is 2.36. The highest BCUT2D eigenvalue weighted by atomic mass is 79.9. The van der Waals surface area contributed by atoms with Crippen molar-refractivity contribution in [3.8, 4) is 0 Å². The molecule has 5 heteroatoms. The van der Waals surface area contributed by atoms with E-state index < -0.39 is 0 Å². The third-order valence-corrected chi connectivity index (χ3v) is 6.36. The molecule has 0 amide bonds. The van der Waals surface area contributed by atoms with E-state index in [1.54, 1.807) is 0 Å². The van der Waals surface area contributed by atoms with Crippen LogP contribution < -0.4 is 5.73 Å². The Morgan fingerprint density at radius 1 is 1.30 bits per heavy atom. The quantitative estimate of drug-likeness (QED) is 0.839. The Morgan fingerprint density at radius 2 is 2.15 bits per heavy atom. The number of halogens is 2. The van der Waals surface area contributed by atoms with Crippen LogP contribution in [0.5, 0.6) is 0 Å². The van der Waals surface area contributed by atoms with Gasteiger partial charge in [0.15, 0.2) is 0 Å². The summed E-state index contributed by atoms with van der Waals surface area (Å²) in [4.78, 5) is 2.57. The van der Waals surface area contributed by atoms with Gasteiger partial charge in [-0.15, -0.1) is 0 Å². The molecule has 2 fully saturated rings. The van der Waals surface area contributed by atoms with Gasteiger partial charge < -0.3 is 10.5 Å². The summed E-state index contributed by atoms with van der Waals surface area (Å²) in [5, 5.41) is 0. The monoisotopic (exact) mass is 402 g/mol. The van der Waals surface area contributed by atoms with E-state index in [0.717, 1.165) is 22.1 Å². The lowest BCUT2D eigenvalue weighted by molar-refractivity contribution is -0.0711. The summed E-state index contributed by atoms with van der Waals surface area (Å²) in [6.45, 7) is 2.46. The van der Waals surface area contributed by atoms with Crippen molar-refractivity contribution >= 4 is 31.9 Å². The lowest BCUT2D eigenvalue weighted by atomic mass is 10.0. The molecule has 1 aromatic rings. The van der Waals surface area contributed by atoms with Crippen molar-refractivity contribution in [2.45, 2.75) is 37.5 Å². The minimum absolute atomic E-state index is 0.286. The Kier molecular flexibility index (Phi) is 4.82. The summed E-state index contributed by atoms with van der Waals surface area (Å²) < 4.78 is 8.08. The second kappa shape index (κ2) is 6.44. The Labute approximate surface area is 137 Å². The molecule has 110 valence electrons. The van der Waals surface area contributed by atoms with Crippen LogP contribution in [0.25, 0.3) is 0 Å². The zero-order chi connectivity index (χ0) is 14.1. The van der Waals surface area contributed by atoms with Crippen LogP contribution in [-0.2, 0) is 4.74 Å². The normalized spacial score (nSPS) is 28.4. The molecule has 1 saturated carbocycles. The second-order valence-corrected chi connectivity index (χ2v) is 7.28. The van der Waals surface area contributed by atoms with Gasteiger partial charge in [-0.1, -0.05) is 6.07 Å². The van der Waals surface area contributed by atoms with Crippen molar-refractivity contribution < 1.29 is 4.74 Å². The predicted octanol–water partition coefficient (Wildman–Crippen LogP) is 3.46. The van der Waals surface area contributed by atoms with Crippen molar-refractivity contribution in [3.63, 3.8) is 0 Å². The zero-order valence-corrected chi connectivity index (χ0v) is 14.6. The molecule has 3 atom stereocenters. The molecule has 1 aromatic carbocycles. The van der Waals surface area contributed by atoms with Gasteiger partial charge in [0.05, 0.1) is 12.7 Å². The number of morpholine rings is 1. The molecular weight excluding hydrogens is 384 g/mol. The van der Waals surface area contributed by atoms with E-state index in [1.165, 1.54) is 24.8 Å². The first-order chi connectivity index (χ1) is 9.70. The van der Waals surface area contributed by atoms with E-state index in [1.807, 2.05) is 0 Å². The summed E-state index contributed by atoms with van der Waals surface area (Å²) in [5.41, 5.74) is 7.38. The van der Waals surface area contributed by atoms with Crippen LogP contribution in [-0.4, -0.2) is 36.7 Å². The van der Waals surface area contributed by atoms with Crippen LogP contribution in [0.1, 0.15) is 30.9 Å². The topological polar surface area (TPSA) is 38.5 Å². The lowest BCUT2D eigenvalue weighted by Gasteiger charge is -2.42. The van der Waals surface area contributed by atoms with Gasteiger partial charge in [-0.2, -0.15) is 0 Å². The van der Waals surface area contributed by atoms with Crippen molar-refractivity contribution in [3.05, 3.63) is 32.7 Å². The van der Waals surface area contributed by atoms with Gasteiger partial charge in [-0.05, 0) is 68.8 Å². The number of nitrogens with zero attached hydrogens (tertiary/aromatic N) is 1. The molecule has 1 heterocycles. The van der Waals surface area contributed by atoms with Gasteiger partial charge in [0.1, 0.15) is 0 Å². The van der Waals surface area contributed by atoms with Crippen LogP contribution in [0, 0.1) is 0 Å². The zero-order valence-electron chi connectivity index (χ0n) is 11.4. The number of benzene rings is 1. The van der Waals surface area contributed by atoms with Crippen LogP contribution >= 0.6 is 31.9 Å². The van der Waals surface area contributed by atoms with Crippen LogP contribution in [0.4, 0.5) is 0 Å². The van der Waals surface area contributed by atoms with Gasteiger partial charge in [0.2, 0.25) is 0 Å². The maximum Gasteiger partial charge on any atom is 0.0731 e. The summed E-state index contributed by atoms with van der Waals surface area (Å²) in [6.07, 6.45) is 4.12. The molecule has 3 nitrogen and oxygen atoms in total. The molecule has 2 N–H and O–H groups in total. The second-order valence-electron chi connectivity index (χ2n) is 5.57. The standard InChI is InChI=1S/C15H20Br2N2O/c16-11-5-4-10(8-12(11)17)14(9-18)19-6-7-20-15-3-1-2-13(15)19/h4-5,8,13-15H,1-3,6-7,9,18H2. The molecule has 1 saturated heterocycles.